The van der Waals surface area contributed by atoms with Gasteiger partial charge in [0.05, 0.1) is 28.0 Å². The van der Waals surface area contributed by atoms with E-state index in [1.54, 1.807) is 23.6 Å². The number of imide groups is 1. The van der Waals surface area contributed by atoms with Gasteiger partial charge < -0.3 is 4.98 Å². The maximum absolute atomic E-state index is 12.8. The Labute approximate surface area is 188 Å². The van der Waals surface area contributed by atoms with E-state index in [1.165, 1.54) is 23.5 Å². The largest absolute Gasteiger partial charge is 0.308 e. The number of halogens is 1. The number of carbonyl (C=O) groups excluding carboxylic acids is 2. The van der Waals surface area contributed by atoms with Crippen LogP contribution in [0.15, 0.2) is 52.6 Å². The van der Waals surface area contributed by atoms with Crippen molar-refractivity contribution in [2.24, 2.45) is 0 Å². The Hall–Kier alpha value is -3.89. The molecule has 0 spiro atoms. The summed E-state index contributed by atoms with van der Waals surface area (Å²) < 4.78 is 0. The Bertz CT molecular complexity index is 1530. The number of benzene rings is 2. The van der Waals surface area contributed by atoms with E-state index in [0.29, 0.717) is 26.4 Å². The minimum atomic E-state index is -0.681. The molecule has 0 aliphatic carbocycles. The zero-order valence-corrected chi connectivity index (χ0v) is 17.6. The summed E-state index contributed by atoms with van der Waals surface area (Å²) in [4.78, 5) is 57.0. The molecule has 4 aromatic rings. The molecule has 9 nitrogen and oxygen atoms in total. The molecular formula is C21H11ClN4O5S. The van der Waals surface area contributed by atoms with Crippen molar-refractivity contribution in [2.75, 3.05) is 0 Å². The SMILES string of the molecule is O=C1c2ccc([N+](=O)[O-])cc2C(=O)N1Cc1nc2scc(-c3ccccc3Cl)c2c(=O)[nH]1. The van der Waals surface area contributed by atoms with Crippen molar-refractivity contribution in [3.63, 3.8) is 0 Å². The molecule has 0 radical (unpaired) electrons. The Morgan fingerprint density at radius 2 is 1.78 bits per heavy atom. The number of nitro groups is 1. The quantitative estimate of drug-likeness (QED) is 0.275. The van der Waals surface area contributed by atoms with Gasteiger partial charge in [-0.3, -0.25) is 29.4 Å². The lowest BCUT2D eigenvalue weighted by Crippen LogP contribution is -2.30. The molecule has 0 bridgehead atoms. The molecule has 0 atom stereocenters. The van der Waals surface area contributed by atoms with Crippen molar-refractivity contribution in [2.45, 2.75) is 6.54 Å². The number of nitrogens with zero attached hydrogens (tertiary/aromatic N) is 3. The molecule has 1 aliphatic heterocycles. The Morgan fingerprint density at radius 1 is 1.03 bits per heavy atom. The predicted octanol–water partition coefficient (Wildman–Crippen LogP) is 4.01. The average Bonchev–Trinajstić information content (AvgIpc) is 3.29. The van der Waals surface area contributed by atoms with Gasteiger partial charge in [0.15, 0.2) is 0 Å². The summed E-state index contributed by atoms with van der Waals surface area (Å²) in [5.74, 6) is -1.16. The summed E-state index contributed by atoms with van der Waals surface area (Å²) in [7, 11) is 0. The highest BCUT2D eigenvalue weighted by Crippen LogP contribution is 2.35. The van der Waals surface area contributed by atoms with Gasteiger partial charge in [0.25, 0.3) is 23.1 Å². The lowest BCUT2D eigenvalue weighted by Gasteiger charge is -2.12. The maximum Gasteiger partial charge on any atom is 0.270 e. The molecule has 0 saturated heterocycles. The van der Waals surface area contributed by atoms with Gasteiger partial charge >= 0.3 is 0 Å². The monoisotopic (exact) mass is 466 g/mol. The van der Waals surface area contributed by atoms with Crippen LogP contribution in [0.3, 0.4) is 0 Å². The molecule has 1 N–H and O–H groups in total. The number of carbonyl (C=O) groups is 2. The fraction of sp³-hybridized carbons (Fsp3) is 0.0476. The number of thiophene rings is 1. The number of fused-ring (bicyclic) bond motifs is 2. The number of nitro benzene ring substituents is 1. The first-order chi connectivity index (χ1) is 15.3. The van der Waals surface area contributed by atoms with Crippen molar-refractivity contribution in [3.8, 4) is 11.1 Å². The molecule has 1 aliphatic rings. The Kier molecular flexibility index (Phi) is 4.61. The van der Waals surface area contributed by atoms with E-state index in [-0.39, 0.29) is 29.2 Å². The van der Waals surface area contributed by atoms with Crippen LogP contribution in [-0.2, 0) is 6.54 Å². The van der Waals surface area contributed by atoms with Crippen LogP contribution in [0, 0.1) is 10.1 Å². The maximum atomic E-state index is 12.8. The highest BCUT2D eigenvalue weighted by Gasteiger charge is 2.37. The van der Waals surface area contributed by atoms with E-state index in [9.17, 15) is 24.5 Å². The molecule has 32 heavy (non-hydrogen) atoms. The van der Waals surface area contributed by atoms with Crippen LogP contribution in [0.5, 0.6) is 0 Å². The van der Waals surface area contributed by atoms with Crippen LogP contribution in [0.4, 0.5) is 5.69 Å². The second kappa shape index (κ2) is 7.36. The van der Waals surface area contributed by atoms with Crippen molar-refractivity contribution < 1.29 is 14.5 Å². The van der Waals surface area contributed by atoms with Gasteiger partial charge in [-0.25, -0.2) is 4.98 Å². The number of hydrogen-bond donors (Lipinski definition) is 1. The van der Waals surface area contributed by atoms with Crippen molar-refractivity contribution in [1.29, 1.82) is 0 Å². The van der Waals surface area contributed by atoms with Crippen LogP contribution in [-0.4, -0.2) is 31.6 Å². The normalized spacial score (nSPS) is 13.1. The number of nitrogens with one attached hydrogen (secondary N) is 1. The van der Waals surface area contributed by atoms with E-state index < -0.39 is 22.3 Å². The summed E-state index contributed by atoms with van der Waals surface area (Å²) in [6.45, 7) is -0.273. The summed E-state index contributed by atoms with van der Waals surface area (Å²) in [6.07, 6.45) is 0. The number of H-pyrrole nitrogens is 1. The van der Waals surface area contributed by atoms with Crippen LogP contribution >= 0.6 is 22.9 Å². The standard InChI is InChI=1S/C21H11ClN4O5S/c22-15-4-2-1-3-11(15)14-9-32-19-17(14)18(27)23-16(24-19)8-25-20(28)12-6-5-10(26(30)31)7-13(12)21(25)29/h1-7,9H,8H2,(H,23,24,27). The molecule has 158 valence electrons. The summed E-state index contributed by atoms with van der Waals surface area (Å²) in [6, 6.07) is 10.6. The number of rotatable bonds is 4. The van der Waals surface area contributed by atoms with Gasteiger partial charge in [0.1, 0.15) is 10.7 Å². The third kappa shape index (κ3) is 3.08. The van der Waals surface area contributed by atoms with Crippen LogP contribution < -0.4 is 5.56 Å². The first-order valence-corrected chi connectivity index (χ1v) is 10.5. The van der Waals surface area contributed by atoms with Crippen molar-refractivity contribution in [3.05, 3.63) is 90.3 Å². The van der Waals surface area contributed by atoms with Crippen LogP contribution in [0.1, 0.15) is 26.5 Å². The van der Waals surface area contributed by atoms with Crippen molar-refractivity contribution in [1.82, 2.24) is 14.9 Å². The van der Waals surface area contributed by atoms with Gasteiger partial charge in [-0.1, -0.05) is 29.8 Å². The second-order valence-corrected chi connectivity index (χ2v) is 8.27. The fourth-order valence-electron chi connectivity index (χ4n) is 3.63. The minimum Gasteiger partial charge on any atom is -0.308 e. The zero-order chi connectivity index (χ0) is 22.6. The van der Waals surface area contributed by atoms with E-state index in [0.717, 1.165) is 11.0 Å². The van der Waals surface area contributed by atoms with E-state index in [2.05, 4.69) is 9.97 Å². The van der Waals surface area contributed by atoms with Crippen molar-refractivity contribution >= 4 is 50.7 Å². The molecular weight excluding hydrogens is 456 g/mol. The third-order valence-corrected chi connectivity index (χ3v) is 6.33. The van der Waals surface area contributed by atoms with E-state index in [1.807, 2.05) is 6.07 Å². The first-order valence-electron chi connectivity index (χ1n) is 9.25. The number of amides is 2. The molecule has 2 aromatic carbocycles. The fourth-order valence-corrected chi connectivity index (χ4v) is 4.83. The van der Waals surface area contributed by atoms with Gasteiger partial charge in [-0.05, 0) is 12.1 Å². The number of aromatic amines is 1. The van der Waals surface area contributed by atoms with Gasteiger partial charge in [0, 0.05) is 33.7 Å². The van der Waals surface area contributed by atoms with Gasteiger partial charge in [0.2, 0.25) is 0 Å². The highest BCUT2D eigenvalue weighted by atomic mass is 35.5. The smallest absolute Gasteiger partial charge is 0.270 e. The molecule has 0 saturated carbocycles. The molecule has 5 rings (SSSR count). The first kappa shape index (κ1) is 20.0. The minimum absolute atomic E-state index is 0.0512. The molecule has 2 aromatic heterocycles. The topological polar surface area (TPSA) is 126 Å². The summed E-state index contributed by atoms with van der Waals surface area (Å²) in [5, 5.41) is 13.6. The second-order valence-electron chi connectivity index (χ2n) is 7.01. The zero-order valence-electron chi connectivity index (χ0n) is 16.0. The van der Waals surface area contributed by atoms with E-state index >= 15 is 0 Å². The average molecular weight is 467 g/mol. The molecule has 0 fully saturated rings. The van der Waals surface area contributed by atoms with Crippen LogP contribution in [0.2, 0.25) is 5.02 Å². The Balaban J connectivity index is 1.51. The predicted molar refractivity (Wildman–Crippen MR) is 118 cm³/mol. The molecule has 0 unspecified atom stereocenters. The molecule has 2 amide bonds. The van der Waals surface area contributed by atoms with Gasteiger partial charge in [-0.2, -0.15) is 0 Å². The Morgan fingerprint density at radius 3 is 2.53 bits per heavy atom. The number of hydrogen-bond acceptors (Lipinski definition) is 7. The third-order valence-electron chi connectivity index (χ3n) is 5.13. The molecule has 11 heteroatoms. The summed E-state index contributed by atoms with van der Waals surface area (Å²) >= 11 is 7.51. The highest BCUT2D eigenvalue weighted by molar-refractivity contribution is 7.17. The number of aromatic nitrogens is 2. The van der Waals surface area contributed by atoms with Crippen LogP contribution in [0.25, 0.3) is 21.3 Å². The lowest BCUT2D eigenvalue weighted by molar-refractivity contribution is -0.384. The van der Waals surface area contributed by atoms with E-state index in [4.69, 9.17) is 11.6 Å². The molecule has 3 heterocycles. The summed E-state index contributed by atoms with van der Waals surface area (Å²) in [5.41, 5.74) is 0.649. The number of non-ortho nitro benzene ring substituents is 1. The van der Waals surface area contributed by atoms with Gasteiger partial charge in [-0.15, -0.1) is 11.3 Å². The lowest BCUT2D eigenvalue weighted by atomic mass is 10.1.